The van der Waals surface area contributed by atoms with Gasteiger partial charge in [-0.3, -0.25) is 14.4 Å². The maximum Gasteiger partial charge on any atom is 0.228 e. The molecule has 1 saturated heterocycles. The summed E-state index contributed by atoms with van der Waals surface area (Å²) in [6.07, 6.45) is 9.72. The lowest BCUT2D eigenvalue weighted by Gasteiger charge is -2.38. The lowest BCUT2D eigenvalue weighted by molar-refractivity contribution is -0.121. The number of rotatable bonds is 4. The van der Waals surface area contributed by atoms with Crippen LogP contribution in [0.3, 0.4) is 0 Å². The zero-order valence-corrected chi connectivity index (χ0v) is 18.0. The van der Waals surface area contributed by atoms with Crippen LogP contribution in [0.4, 0.5) is 5.82 Å². The van der Waals surface area contributed by atoms with Crippen molar-refractivity contribution >= 4 is 22.5 Å². The number of nitrogens with one attached hydrogen (secondary N) is 1. The van der Waals surface area contributed by atoms with E-state index in [9.17, 15) is 4.79 Å². The number of hydrogen-bond acceptors (Lipinski definition) is 5. The molecule has 2 fully saturated rings. The molecule has 1 amide bonds. The number of aryl methyl sites for hydroxylation is 1. The summed E-state index contributed by atoms with van der Waals surface area (Å²) in [5, 5.41) is 9.43. The summed E-state index contributed by atoms with van der Waals surface area (Å²) >= 11 is 0. The molecule has 0 atom stereocenters. The van der Waals surface area contributed by atoms with Gasteiger partial charge in [-0.2, -0.15) is 5.10 Å². The third kappa shape index (κ3) is 4.48. The van der Waals surface area contributed by atoms with Crippen molar-refractivity contribution in [3.05, 3.63) is 42.9 Å². The summed E-state index contributed by atoms with van der Waals surface area (Å²) in [6.45, 7) is 3.69. The van der Waals surface area contributed by atoms with Crippen LogP contribution >= 0.6 is 0 Å². The Labute approximate surface area is 182 Å². The van der Waals surface area contributed by atoms with Crippen molar-refractivity contribution in [3.8, 4) is 11.1 Å². The van der Waals surface area contributed by atoms with Gasteiger partial charge in [0.1, 0.15) is 5.82 Å². The van der Waals surface area contributed by atoms with E-state index in [2.05, 4.69) is 38.5 Å². The summed E-state index contributed by atoms with van der Waals surface area (Å²) < 4.78 is 7.26. The smallest absolute Gasteiger partial charge is 0.228 e. The molecule has 1 N–H and O–H groups in total. The van der Waals surface area contributed by atoms with Crippen LogP contribution in [-0.4, -0.2) is 57.9 Å². The molecule has 7 heteroatoms. The molecule has 0 radical (unpaired) electrons. The predicted molar refractivity (Wildman–Crippen MR) is 121 cm³/mol. The number of hydrogen-bond donors (Lipinski definition) is 1. The Balaban J connectivity index is 1.24. The number of fused-ring (bicyclic) bond motifs is 1. The van der Waals surface area contributed by atoms with E-state index < -0.39 is 0 Å². The first-order valence-electron chi connectivity index (χ1n) is 11.2. The summed E-state index contributed by atoms with van der Waals surface area (Å²) in [6, 6.07) is 8.82. The minimum absolute atomic E-state index is 0.0662. The van der Waals surface area contributed by atoms with E-state index in [1.54, 1.807) is 4.68 Å². The van der Waals surface area contributed by atoms with Gasteiger partial charge in [-0.15, -0.1) is 0 Å². The van der Waals surface area contributed by atoms with Crippen LogP contribution in [0.5, 0.6) is 0 Å². The molecule has 7 nitrogen and oxygen atoms in total. The van der Waals surface area contributed by atoms with Gasteiger partial charge in [0.05, 0.1) is 19.4 Å². The van der Waals surface area contributed by atoms with Crippen LogP contribution < -0.4 is 5.32 Å². The van der Waals surface area contributed by atoms with Gasteiger partial charge in [0.25, 0.3) is 0 Å². The molecule has 162 valence electrons. The number of benzene rings is 1. The van der Waals surface area contributed by atoms with Gasteiger partial charge >= 0.3 is 0 Å². The molecule has 0 unspecified atom stereocenters. The molecule has 1 aromatic carbocycles. The third-order valence-corrected chi connectivity index (χ3v) is 6.64. The highest BCUT2D eigenvalue weighted by Gasteiger charge is 2.30. The Bertz CT molecular complexity index is 1060. The fourth-order valence-corrected chi connectivity index (χ4v) is 4.83. The minimum Gasteiger partial charge on any atom is -0.379 e. The van der Waals surface area contributed by atoms with Crippen molar-refractivity contribution in [1.29, 1.82) is 0 Å². The van der Waals surface area contributed by atoms with Crippen LogP contribution in [0.25, 0.3) is 21.9 Å². The molecular weight excluding hydrogens is 390 g/mol. The molecule has 0 bridgehead atoms. The first-order valence-corrected chi connectivity index (χ1v) is 11.2. The molecule has 31 heavy (non-hydrogen) atoms. The van der Waals surface area contributed by atoms with Crippen molar-refractivity contribution in [3.63, 3.8) is 0 Å². The number of nitrogens with zero attached hydrogens (tertiary/aromatic N) is 4. The number of carbonyl (C=O) groups excluding carboxylic acids is 1. The molecule has 5 rings (SSSR count). The van der Waals surface area contributed by atoms with E-state index in [1.807, 2.05) is 31.7 Å². The number of anilines is 1. The summed E-state index contributed by atoms with van der Waals surface area (Å²) in [5.74, 6) is 0.781. The monoisotopic (exact) mass is 419 g/mol. The van der Waals surface area contributed by atoms with Crippen LogP contribution in [0.1, 0.15) is 25.7 Å². The summed E-state index contributed by atoms with van der Waals surface area (Å²) in [4.78, 5) is 19.9. The molecule has 3 heterocycles. The normalized spacial score (nSPS) is 22.5. The van der Waals surface area contributed by atoms with E-state index in [4.69, 9.17) is 4.74 Å². The Kier molecular flexibility index (Phi) is 5.70. The van der Waals surface area contributed by atoms with Gasteiger partial charge in [-0.05, 0) is 48.8 Å². The number of amides is 1. The molecular formula is C24H29N5O2. The maximum atomic E-state index is 12.9. The van der Waals surface area contributed by atoms with Crippen molar-refractivity contribution in [2.75, 3.05) is 31.6 Å². The second-order valence-electron chi connectivity index (χ2n) is 8.68. The largest absolute Gasteiger partial charge is 0.379 e. The Morgan fingerprint density at radius 2 is 1.84 bits per heavy atom. The maximum absolute atomic E-state index is 12.9. The highest BCUT2D eigenvalue weighted by molar-refractivity contribution is 5.95. The Morgan fingerprint density at radius 1 is 1.03 bits per heavy atom. The average Bonchev–Trinajstić information content (AvgIpc) is 3.25. The first-order chi connectivity index (χ1) is 15.2. The molecule has 1 saturated carbocycles. The summed E-state index contributed by atoms with van der Waals surface area (Å²) in [7, 11) is 1.91. The molecule has 3 aromatic rings. The standard InChI is InChI=1S/C24H29N5O2/c1-28-16-21(15-26-28)18-2-3-19-14-25-23(13-20(19)12-18)27-24(30)17-4-6-22(7-5-17)29-8-10-31-11-9-29/h2-3,12-17,22H,4-11H2,1H3,(H,25,27,30)/t17-,22-. The van der Waals surface area contributed by atoms with Crippen molar-refractivity contribution in [2.24, 2.45) is 13.0 Å². The summed E-state index contributed by atoms with van der Waals surface area (Å²) in [5.41, 5.74) is 2.18. The zero-order valence-electron chi connectivity index (χ0n) is 18.0. The van der Waals surface area contributed by atoms with Crippen molar-refractivity contribution in [1.82, 2.24) is 19.7 Å². The fourth-order valence-electron chi connectivity index (χ4n) is 4.83. The first kappa shape index (κ1) is 20.2. The van der Waals surface area contributed by atoms with Crippen LogP contribution in [0, 0.1) is 5.92 Å². The lowest BCUT2D eigenvalue weighted by atomic mass is 9.84. The quantitative estimate of drug-likeness (QED) is 0.701. The number of aromatic nitrogens is 3. The zero-order chi connectivity index (χ0) is 21.2. The van der Waals surface area contributed by atoms with Crippen molar-refractivity contribution in [2.45, 2.75) is 31.7 Å². The SMILES string of the molecule is Cn1cc(-c2ccc3cnc(NC(=O)[C@H]4CC[C@H](N5CCOCC5)CC4)cc3c2)cn1. The molecule has 2 aliphatic rings. The topological polar surface area (TPSA) is 72.3 Å². The van der Waals surface area contributed by atoms with E-state index in [0.29, 0.717) is 11.9 Å². The van der Waals surface area contributed by atoms with E-state index in [-0.39, 0.29) is 11.8 Å². The minimum atomic E-state index is 0.0662. The predicted octanol–water partition coefficient (Wildman–Crippen LogP) is 3.46. The van der Waals surface area contributed by atoms with E-state index in [1.165, 1.54) is 0 Å². The number of ether oxygens (including phenoxy) is 1. The van der Waals surface area contributed by atoms with Gasteiger partial charge in [0.2, 0.25) is 5.91 Å². The third-order valence-electron chi connectivity index (χ3n) is 6.64. The average molecular weight is 420 g/mol. The Morgan fingerprint density at radius 3 is 2.58 bits per heavy atom. The number of carbonyl (C=O) groups is 1. The van der Waals surface area contributed by atoms with Gasteiger partial charge in [-0.25, -0.2) is 4.98 Å². The van der Waals surface area contributed by atoms with Crippen LogP contribution in [-0.2, 0) is 16.6 Å². The number of morpholine rings is 1. The second-order valence-corrected chi connectivity index (χ2v) is 8.68. The molecule has 1 aliphatic heterocycles. The van der Waals surface area contributed by atoms with E-state index >= 15 is 0 Å². The highest BCUT2D eigenvalue weighted by atomic mass is 16.5. The molecule has 1 aliphatic carbocycles. The van der Waals surface area contributed by atoms with Gasteiger partial charge in [-0.1, -0.05) is 12.1 Å². The van der Waals surface area contributed by atoms with Crippen molar-refractivity contribution < 1.29 is 9.53 Å². The van der Waals surface area contributed by atoms with Gasteiger partial charge < -0.3 is 10.1 Å². The van der Waals surface area contributed by atoms with Gasteiger partial charge in [0.15, 0.2) is 0 Å². The van der Waals surface area contributed by atoms with E-state index in [0.717, 1.165) is 73.9 Å². The second kappa shape index (κ2) is 8.77. The fraction of sp³-hybridized carbons (Fsp3) is 0.458. The van der Waals surface area contributed by atoms with Crippen LogP contribution in [0.15, 0.2) is 42.9 Å². The van der Waals surface area contributed by atoms with Gasteiger partial charge in [0, 0.05) is 55.4 Å². The molecule has 0 spiro atoms. The highest BCUT2D eigenvalue weighted by Crippen LogP contribution is 2.30. The number of pyridine rings is 1. The molecule has 2 aromatic heterocycles. The lowest BCUT2D eigenvalue weighted by Crippen LogP contribution is -2.45. The van der Waals surface area contributed by atoms with Crippen LogP contribution in [0.2, 0.25) is 0 Å². The Hall–Kier alpha value is -2.77.